The predicted molar refractivity (Wildman–Crippen MR) is 84.4 cm³/mol. The molecule has 22 heavy (non-hydrogen) atoms. The van der Waals surface area contributed by atoms with Gasteiger partial charge in [-0.3, -0.25) is 0 Å². The van der Waals surface area contributed by atoms with Gasteiger partial charge in [0.2, 0.25) is 0 Å². The molecule has 4 heteroatoms. The number of unbranched alkanes of at least 4 members (excludes halogenated alkanes) is 1. The van der Waals surface area contributed by atoms with E-state index in [0.29, 0.717) is 6.61 Å². The van der Waals surface area contributed by atoms with E-state index in [1.807, 2.05) is 13.0 Å². The third-order valence-corrected chi connectivity index (χ3v) is 4.31. The Bertz CT molecular complexity index is 530. The van der Waals surface area contributed by atoms with Crippen LogP contribution in [-0.2, 0) is 4.74 Å². The van der Waals surface area contributed by atoms with Crippen molar-refractivity contribution in [3.05, 3.63) is 34.9 Å². The quantitative estimate of drug-likeness (QED) is 0.625. The Hall–Kier alpha value is -1.84. The molecule has 0 aromatic heterocycles. The summed E-state index contributed by atoms with van der Waals surface area (Å²) in [4.78, 5) is 23.9. The number of hydrogen-bond donors (Lipinski definition) is 1. The first-order chi connectivity index (χ1) is 10.6. The van der Waals surface area contributed by atoms with Crippen molar-refractivity contribution >= 4 is 11.9 Å². The van der Waals surface area contributed by atoms with E-state index in [0.717, 1.165) is 44.1 Å². The van der Waals surface area contributed by atoms with Crippen LogP contribution in [0.25, 0.3) is 0 Å². The van der Waals surface area contributed by atoms with E-state index in [9.17, 15) is 14.7 Å². The van der Waals surface area contributed by atoms with Crippen LogP contribution in [-0.4, -0.2) is 23.7 Å². The number of benzene rings is 1. The zero-order valence-corrected chi connectivity index (χ0v) is 13.1. The molecule has 1 aromatic rings. The van der Waals surface area contributed by atoms with Crippen molar-refractivity contribution in [2.45, 2.75) is 57.8 Å². The van der Waals surface area contributed by atoms with E-state index in [1.165, 1.54) is 6.42 Å². The molecule has 2 rings (SSSR count). The molecule has 1 aromatic carbocycles. The molecule has 1 aliphatic carbocycles. The Kier molecular flexibility index (Phi) is 5.99. The zero-order chi connectivity index (χ0) is 15.9. The van der Waals surface area contributed by atoms with Gasteiger partial charge in [-0.05, 0) is 36.8 Å². The van der Waals surface area contributed by atoms with Gasteiger partial charge in [0, 0.05) is 0 Å². The van der Waals surface area contributed by atoms with Crippen molar-refractivity contribution in [1.82, 2.24) is 0 Å². The summed E-state index contributed by atoms with van der Waals surface area (Å²) in [5, 5.41) is 9.59. The lowest BCUT2D eigenvalue weighted by molar-refractivity contribution is 0.0489. The topological polar surface area (TPSA) is 63.6 Å². The van der Waals surface area contributed by atoms with E-state index in [1.54, 1.807) is 12.1 Å². The minimum atomic E-state index is -1.04. The molecule has 0 atom stereocenters. The standard InChI is InChI=1S/C18H24O4/c1-2-3-12-22-18(21)15-11-7-10-14(16(15)17(19)20)13-8-5-4-6-9-13/h7,10-11,13H,2-6,8-9,12H2,1H3,(H,19,20). The van der Waals surface area contributed by atoms with Gasteiger partial charge in [-0.25, -0.2) is 9.59 Å². The van der Waals surface area contributed by atoms with Gasteiger partial charge in [0.25, 0.3) is 0 Å². The molecule has 1 aliphatic rings. The smallest absolute Gasteiger partial charge is 0.339 e. The molecule has 0 unspecified atom stereocenters. The van der Waals surface area contributed by atoms with Crippen molar-refractivity contribution in [3.63, 3.8) is 0 Å². The number of hydrogen-bond acceptors (Lipinski definition) is 3. The molecule has 0 aliphatic heterocycles. The van der Waals surface area contributed by atoms with Crippen LogP contribution < -0.4 is 0 Å². The Morgan fingerprint density at radius 3 is 2.59 bits per heavy atom. The highest BCUT2D eigenvalue weighted by Gasteiger charge is 2.26. The van der Waals surface area contributed by atoms with Crippen LogP contribution in [0.5, 0.6) is 0 Å². The third-order valence-electron chi connectivity index (χ3n) is 4.31. The molecule has 120 valence electrons. The summed E-state index contributed by atoms with van der Waals surface area (Å²) in [7, 11) is 0. The van der Waals surface area contributed by atoms with Crippen LogP contribution in [0.1, 0.15) is 84.1 Å². The van der Waals surface area contributed by atoms with Gasteiger partial charge < -0.3 is 9.84 Å². The molecule has 0 saturated heterocycles. The summed E-state index contributed by atoms with van der Waals surface area (Å²) in [5.74, 6) is -1.32. The van der Waals surface area contributed by atoms with Crippen LogP contribution in [0.2, 0.25) is 0 Å². The summed E-state index contributed by atoms with van der Waals surface area (Å²) in [6.45, 7) is 2.35. The van der Waals surface area contributed by atoms with Gasteiger partial charge in [-0.1, -0.05) is 44.7 Å². The van der Waals surface area contributed by atoms with Crippen molar-refractivity contribution in [3.8, 4) is 0 Å². The van der Waals surface area contributed by atoms with Crippen LogP contribution in [0.15, 0.2) is 18.2 Å². The number of carboxylic acids is 1. The number of ether oxygens (including phenoxy) is 1. The fourth-order valence-corrected chi connectivity index (χ4v) is 3.12. The fraction of sp³-hybridized carbons (Fsp3) is 0.556. The average molecular weight is 304 g/mol. The molecule has 1 fully saturated rings. The monoisotopic (exact) mass is 304 g/mol. The first kappa shape index (κ1) is 16.5. The molecule has 1 N–H and O–H groups in total. The summed E-state index contributed by atoms with van der Waals surface area (Å²) in [6, 6.07) is 5.18. The van der Waals surface area contributed by atoms with Gasteiger partial charge in [-0.2, -0.15) is 0 Å². The molecular weight excluding hydrogens is 280 g/mol. The lowest BCUT2D eigenvalue weighted by atomic mass is 9.81. The highest BCUT2D eigenvalue weighted by molar-refractivity contribution is 6.03. The minimum Gasteiger partial charge on any atom is -0.478 e. The first-order valence-electron chi connectivity index (χ1n) is 8.18. The lowest BCUT2D eigenvalue weighted by Gasteiger charge is -2.24. The van der Waals surface area contributed by atoms with Gasteiger partial charge in [0.05, 0.1) is 17.7 Å². The molecule has 0 spiro atoms. The van der Waals surface area contributed by atoms with Crippen molar-refractivity contribution in [2.24, 2.45) is 0 Å². The number of rotatable bonds is 6. The highest BCUT2D eigenvalue weighted by atomic mass is 16.5. The lowest BCUT2D eigenvalue weighted by Crippen LogP contribution is -2.17. The molecule has 0 bridgehead atoms. The van der Waals surface area contributed by atoms with Gasteiger partial charge in [0.15, 0.2) is 0 Å². The molecule has 0 heterocycles. The number of carbonyl (C=O) groups is 2. The predicted octanol–water partition coefficient (Wildman–Crippen LogP) is 4.39. The maximum atomic E-state index is 12.2. The Morgan fingerprint density at radius 1 is 1.23 bits per heavy atom. The summed E-state index contributed by atoms with van der Waals surface area (Å²) in [6.07, 6.45) is 7.16. The molecule has 0 radical (unpaired) electrons. The first-order valence-corrected chi connectivity index (χ1v) is 8.18. The van der Waals surface area contributed by atoms with E-state index >= 15 is 0 Å². The van der Waals surface area contributed by atoms with Crippen LogP contribution in [0, 0.1) is 0 Å². The number of carboxylic acid groups (broad SMARTS) is 1. The van der Waals surface area contributed by atoms with Gasteiger partial charge in [0.1, 0.15) is 0 Å². The van der Waals surface area contributed by atoms with E-state index < -0.39 is 11.9 Å². The third kappa shape index (κ3) is 3.87. The maximum absolute atomic E-state index is 12.2. The molecular formula is C18H24O4. The normalized spacial score (nSPS) is 15.5. The summed E-state index contributed by atoms with van der Waals surface area (Å²) < 4.78 is 5.20. The number of carbonyl (C=O) groups excluding carboxylic acids is 1. The van der Waals surface area contributed by atoms with E-state index in [4.69, 9.17) is 4.74 Å². The van der Waals surface area contributed by atoms with Gasteiger partial charge >= 0.3 is 11.9 Å². The van der Waals surface area contributed by atoms with E-state index in [-0.39, 0.29) is 17.0 Å². The maximum Gasteiger partial charge on any atom is 0.339 e. The summed E-state index contributed by atoms with van der Waals surface area (Å²) >= 11 is 0. The second kappa shape index (κ2) is 7.97. The van der Waals surface area contributed by atoms with Gasteiger partial charge in [-0.15, -0.1) is 0 Å². The largest absolute Gasteiger partial charge is 0.478 e. The Balaban J connectivity index is 2.29. The Labute approximate surface area is 131 Å². The SMILES string of the molecule is CCCCOC(=O)c1cccc(C2CCCCC2)c1C(=O)O. The van der Waals surface area contributed by atoms with Crippen LogP contribution >= 0.6 is 0 Å². The highest BCUT2D eigenvalue weighted by Crippen LogP contribution is 2.35. The van der Waals surface area contributed by atoms with Crippen LogP contribution in [0.4, 0.5) is 0 Å². The van der Waals surface area contributed by atoms with Crippen molar-refractivity contribution in [2.75, 3.05) is 6.61 Å². The second-order valence-electron chi connectivity index (χ2n) is 5.90. The molecule has 0 amide bonds. The fourth-order valence-electron chi connectivity index (χ4n) is 3.12. The van der Waals surface area contributed by atoms with E-state index in [2.05, 4.69) is 0 Å². The van der Waals surface area contributed by atoms with Crippen molar-refractivity contribution < 1.29 is 19.4 Å². The summed E-state index contributed by atoms with van der Waals surface area (Å²) in [5.41, 5.74) is 1.11. The van der Waals surface area contributed by atoms with Crippen molar-refractivity contribution in [1.29, 1.82) is 0 Å². The number of esters is 1. The average Bonchev–Trinajstić information content (AvgIpc) is 2.55. The molecule has 1 saturated carbocycles. The molecule has 4 nitrogen and oxygen atoms in total. The number of aromatic carboxylic acids is 1. The zero-order valence-electron chi connectivity index (χ0n) is 13.1. The second-order valence-corrected chi connectivity index (χ2v) is 5.90. The minimum absolute atomic E-state index is 0.135. The van der Waals surface area contributed by atoms with Crippen LogP contribution in [0.3, 0.4) is 0 Å². The Morgan fingerprint density at radius 2 is 1.95 bits per heavy atom.